The van der Waals surface area contributed by atoms with Gasteiger partial charge in [0.1, 0.15) is 11.3 Å². The second-order valence-electron chi connectivity index (χ2n) is 5.09. The van der Waals surface area contributed by atoms with Gasteiger partial charge in [-0.3, -0.25) is 4.79 Å². The monoisotopic (exact) mass is 342 g/mol. The number of nitrogens with one attached hydrogen (secondary N) is 1. The zero-order valence-electron chi connectivity index (χ0n) is 13.5. The van der Waals surface area contributed by atoms with Crippen LogP contribution in [-0.4, -0.2) is 32.8 Å². The van der Waals surface area contributed by atoms with E-state index in [0.717, 1.165) is 27.8 Å². The second kappa shape index (κ2) is 7.35. The lowest BCUT2D eigenvalue weighted by Gasteiger charge is -2.07. The molecule has 2 heterocycles. The van der Waals surface area contributed by atoms with E-state index in [-0.39, 0.29) is 11.7 Å². The Kier molecular flexibility index (Phi) is 5.00. The highest BCUT2D eigenvalue weighted by Crippen LogP contribution is 2.22. The van der Waals surface area contributed by atoms with Crippen LogP contribution in [0.4, 0.5) is 5.69 Å². The Morgan fingerprint density at radius 1 is 1.29 bits per heavy atom. The van der Waals surface area contributed by atoms with Gasteiger partial charge in [-0.15, -0.1) is 0 Å². The lowest BCUT2D eigenvalue weighted by atomic mass is 10.3. The van der Waals surface area contributed by atoms with Crippen molar-refractivity contribution in [2.24, 2.45) is 7.05 Å². The number of pyridine rings is 1. The van der Waals surface area contributed by atoms with Crippen LogP contribution in [-0.2, 0) is 11.8 Å². The molecule has 0 atom stereocenters. The Balaban J connectivity index is 1.59. The van der Waals surface area contributed by atoms with Gasteiger partial charge in [-0.25, -0.2) is 9.97 Å². The minimum absolute atomic E-state index is 0.0795. The maximum atomic E-state index is 12.1. The summed E-state index contributed by atoms with van der Waals surface area (Å²) in [4.78, 5) is 20.9. The van der Waals surface area contributed by atoms with Crippen LogP contribution in [0, 0.1) is 0 Å². The number of fused-ring (bicyclic) bond motifs is 1. The molecule has 3 aromatic rings. The van der Waals surface area contributed by atoms with Gasteiger partial charge in [0, 0.05) is 18.9 Å². The predicted octanol–water partition coefficient (Wildman–Crippen LogP) is 3.10. The number of aryl methyl sites for hydroxylation is 1. The van der Waals surface area contributed by atoms with Crippen LogP contribution in [0.5, 0.6) is 5.75 Å². The van der Waals surface area contributed by atoms with Gasteiger partial charge in [-0.1, -0.05) is 11.8 Å². The third-order valence-corrected chi connectivity index (χ3v) is 4.40. The number of carbonyl (C=O) groups is 1. The average molecular weight is 342 g/mol. The molecule has 0 unspecified atom stereocenters. The first-order chi connectivity index (χ1) is 11.7. The number of anilines is 1. The Morgan fingerprint density at radius 2 is 2.08 bits per heavy atom. The second-order valence-corrected chi connectivity index (χ2v) is 6.04. The lowest BCUT2D eigenvalue weighted by molar-refractivity contribution is -0.113. The van der Waals surface area contributed by atoms with E-state index in [1.54, 1.807) is 6.20 Å². The van der Waals surface area contributed by atoms with E-state index in [4.69, 9.17) is 4.74 Å². The molecule has 2 aromatic heterocycles. The Labute approximate surface area is 144 Å². The van der Waals surface area contributed by atoms with Crippen molar-refractivity contribution in [3.05, 3.63) is 42.6 Å². The molecule has 1 amide bonds. The summed E-state index contributed by atoms with van der Waals surface area (Å²) < 4.78 is 7.27. The number of ether oxygens (including phenoxy) is 1. The fraction of sp³-hybridized carbons (Fsp3) is 0.235. The number of carbonyl (C=O) groups excluding carboxylic acids is 1. The maximum Gasteiger partial charge on any atom is 0.234 e. The minimum Gasteiger partial charge on any atom is -0.494 e. The number of hydrogen-bond acceptors (Lipinski definition) is 5. The molecular formula is C17H18N4O2S. The van der Waals surface area contributed by atoms with Crippen molar-refractivity contribution in [1.29, 1.82) is 0 Å². The van der Waals surface area contributed by atoms with Crippen molar-refractivity contribution in [2.45, 2.75) is 12.1 Å². The highest BCUT2D eigenvalue weighted by molar-refractivity contribution is 7.99. The van der Waals surface area contributed by atoms with E-state index >= 15 is 0 Å². The van der Waals surface area contributed by atoms with Crippen LogP contribution in [0.15, 0.2) is 47.8 Å². The maximum absolute atomic E-state index is 12.1. The van der Waals surface area contributed by atoms with Gasteiger partial charge in [0.05, 0.1) is 12.4 Å². The molecule has 0 saturated heterocycles. The summed E-state index contributed by atoms with van der Waals surface area (Å²) >= 11 is 1.39. The average Bonchev–Trinajstić information content (AvgIpc) is 2.92. The molecule has 0 bridgehead atoms. The van der Waals surface area contributed by atoms with E-state index in [1.165, 1.54) is 11.8 Å². The van der Waals surface area contributed by atoms with Crippen LogP contribution in [0.25, 0.3) is 11.2 Å². The normalized spacial score (nSPS) is 10.8. The SMILES string of the molecule is CCOc1ccc(NC(=O)CSc2nc3cccnc3n2C)cc1. The first-order valence-electron chi connectivity index (χ1n) is 7.60. The Bertz CT molecular complexity index is 845. The number of benzene rings is 1. The molecule has 0 aliphatic rings. The molecule has 0 radical (unpaired) electrons. The number of hydrogen-bond donors (Lipinski definition) is 1. The van der Waals surface area contributed by atoms with E-state index in [0.29, 0.717) is 6.61 Å². The number of rotatable bonds is 6. The minimum atomic E-state index is -0.0795. The van der Waals surface area contributed by atoms with E-state index in [1.807, 2.05) is 54.9 Å². The summed E-state index contributed by atoms with van der Waals surface area (Å²) in [5, 5.41) is 3.64. The first-order valence-corrected chi connectivity index (χ1v) is 8.59. The Morgan fingerprint density at radius 3 is 2.79 bits per heavy atom. The molecule has 1 N–H and O–H groups in total. The molecule has 0 spiro atoms. The molecular weight excluding hydrogens is 324 g/mol. The summed E-state index contributed by atoms with van der Waals surface area (Å²) in [6.45, 7) is 2.55. The molecule has 7 heteroatoms. The van der Waals surface area contributed by atoms with Gasteiger partial charge in [-0.2, -0.15) is 0 Å². The van der Waals surface area contributed by atoms with Crippen molar-refractivity contribution in [2.75, 3.05) is 17.7 Å². The molecule has 0 aliphatic heterocycles. The van der Waals surface area contributed by atoms with Crippen LogP contribution in [0.2, 0.25) is 0 Å². The van der Waals surface area contributed by atoms with Crippen LogP contribution < -0.4 is 10.1 Å². The van der Waals surface area contributed by atoms with Crippen molar-refractivity contribution >= 4 is 34.5 Å². The third-order valence-electron chi connectivity index (χ3n) is 3.37. The number of imidazole rings is 1. The van der Waals surface area contributed by atoms with Crippen LogP contribution in [0.1, 0.15) is 6.92 Å². The summed E-state index contributed by atoms with van der Waals surface area (Å²) in [6.07, 6.45) is 1.73. The largest absolute Gasteiger partial charge is 0.494 e. The predicted molar refractivity (Wildman–Crippen MR) is 95.5 cm³/mol. The number of aromatic nitrogens is 3. The standard InChI is InChI=1S/C17H18N4O2S/c1-3-23-13-8-6-12(7-9-13)19-15(22)11-24-17-20-14-5-4-10-18-16(14)21(17)2/h4-10H,3,11H2,1-2H3,(H,19,22). The smallest absolute Gasteiger partial charge is 0.234 e. The number of nitrogens with zero attached hydrogens (tertiary/aromatic N) is 3. The van der Waals surface area contributed by atoms with Crippen LogP contribution in [0.3, 0.4) is 0 Å². The zero-order chi connectivity index (χ0) is 16.9. The number of amides is 1. The van der Waals surface area contributed by atoms with E-state index < -0.39 is 0 Å². The van der Waals surface area contributed by atoms with Crippen molar-refractivity contribution in [3.63, 3.8) is 0 Å². The van der Waals surface area contributed by atoms with E-state index in [2.05, 4.69) is 15.3 Å². The Hall–Kier alpha value is -2.54. The fourth-order valence-corrected chi connectivity index (χ4v) is 3.04. The van der Waals surface area contributed by atoms with Crippen molar-refractivity contribution in [3.8, 4) is 5.75 Å². The topological polar surface area (TPSA) is 69.0 Å². The molecule has 0 saturated carbocycles. The van der Waals surface area contributed by atoms with E-state index in [9.17, 15) is 4.79 Å². The highest BCUT2D eigenvalue weighted by Gasteiger charge is 2.11. The zero-order valence-corrected chi connectivity index (χ0v) is 14.3. The molecule has 0 fully saturated rings. The van der Waals surface area contributed by atoms with Gasteiger partial charge >= 0.3 is 0 Å². The highest BCUT2D eigenvalue weighted by atomic mass is 32.2. The molecule has 6 nitrogen and oxygen atoms in total. The van der Waals surface area contributed by atoms with Crippen LogP contribution >= 0.6 is 11.8 Å². The number of thioether (sulfide) groups is 1. The summed E-state index contributed by atoms with van der Waals surface area (Å²) in [5.74, 6) is 0.992. The van der Waals surface area contributed by atoms with Crippen molar-refractivity contribution < 1.29 is 9.53 Å². The first kappa shape index (κ1) is 16.3. The van der Waals surface area contributed by atoms with Gasteiger partial charge in [-0.05, 0) is 43.3 Å². The molecule has 0 aliphatic carbocycles. The van der Waals surface area contributed by atoms with Gasteiger partial charge in [0.15, 0.2) is 10.8 Å². The quantitative estimate of drug-likeness (QED) is 0.697. The molecule has 124 valence electrons. The van der Waals surface area contributed by atoms with Gasteiger partial charge in [0.25, 0.3) is 0 Å². The fourth-order valence-electron chi connectivity index (χ4n) is 2.26. The third kappa shape index (κ3) is 3.68. The summed E-state index contributed by atoms with van der Waals surface area (Å²) in [5.41, 5.74) is 2.39. The lowest BCUT2D eigenvalue weighted by Crippen LogP contribution is -2.14. The van der Waals surface area contributed by atoms with Gasteiger partial charge in [0.2, 0.25) is 5.91 Å². The molecule has 1 aromatic carbocycles. The molecule has 24 heavy (non-hydrogen) atoms. The molecule has 3 rings (SSSR count). The summed E-state index contributed by atoms with van der Waals surface area (Å²) in [7, 11) is 1.90. The summed E-state index contributed by atoms with van der Waals surface area (Å²) in [6, 6.07) is 11.1. The van der Waals surface area contributed by atoms with Crippen molar-refractivity contribution in [1.82, 2.24) is 14.5 Å². The van der Waals surface area contributed by atoms with Gasteiger partial charge < -0.3 is 14.6 Å².